The van der Waals surface area contributed by atoms with Crippen molar-refractivity contribution in [3.8, 4) is 5.75 Å². The Balaban J connectivity index is 2.52. The van der Waals surface area contributed by atoms with E-state index in [0.29, 0.717) is 0 Å². The molecule has 1 aromatic carbocycles. The summed E-state index contributed by atoms with van der Waals surface area (Å²) in [5, 5.41) is 18.5. The maximum Gasteiger partial charge on any atom is 0.339 e. The summed E-state index contributed by atoms with van der Waals surface area (Å²) in [6.45, 7) is 0. The van der Waals surface area contributed by atoms with Crippen molar-refractivity contribution in [1.82, 2.24) is 4.72 Å². The van der Waals surface area contributed by atoms with Crippen LogP contribution < -0.4 is 4.72 Å². The van der Waals surface area contributed by atoms with E-state index in [0.717, 1.165) is 25.0 Å². The largest absolute Gasteiger partial charge is 0.506 e. The van der Waals surface area contributed by atoms with Gasteiger partial charge in [0.05, 0.1) is 0 Å². The molecule has 6 nitrogen and oxygen atoms in total. The average Bonchev–Trinajstić information content (AvgIpc) is 3.03. The maximum atomic E-state index is 11.9. The zero-order valence-corrected chi connectivity index (χ0v) is 10.6. The molecule has 0 unspecified atom stereocenters. The number of carbonyl (C=O) groups is 1. The Morgan fingerprint density at radius 2 is 2.00 bits per heavy atom. The molecule has 2 rings (SSSR count). The number of phenols is 1. The number of aromatic carboxylic acids is 1. The van der Waals surface area contributed by atoms with Crippen molar-refractivity contribution < 1.29 is 23.4 Å². The summed E-state index contributed by atoms with van der Waals surface area (Å²) >= 11 is 5.66. The van der Waals surface area contributed by atoms with Crippen LogP contribution in [-0.2, 0) is 10.0 Å². The number of rotatable bonds is 4. The van der Waals surface area contributed by atoms with Crippen LogP contribution in [0.1, 0.15) is 23.2 Å². The van der Waals surface area contributed by atoms with Crippen molar-refractivity contribution in [3.05, 3.63) is 22.7 Å². The van der Waals surface area contributed by atoms with Gasteiger partial charge in [-0.25, -0.2) is 17.9 Å². The zero-order valence-electron chi connectivity index (χ0n) is 9.05. The van der Waals surface area contributed by atoms with Crippen molar-refractivity contribution in [1.29, 1.82) is 0 Å². The van der Waals surface area contributed by atoms with Crippen LogP contribution in [0.5, 0.6) is 5.75 Å². The third kappa shape index (κ3) is 2.58. The molecule has 0 spiro atoms. The molecular formula is C10H10ClNO5S. The van der Waals surface area contributed by atoms with Gasteiger partial charge in [0.1, 0.15) is 16.2 Å². The summed E-state index contributed by atoms with van der Waals surface area (Å²) in [5.41, 5.74) is -0.543. The SMILES string of the molecule is O=C(O)c1cc(Cl)cc(S(=O)(=O)NC2CC2)c1O. The maximum absolute atomic E-state index is 11.9. The number of hydrogen-bond donors (Lipinski definition) is 3. The van der Waals surface area contributed by atoms with Crippen LogP contribution in [-0.4, -0.2) is 30.6 Å². The Hall–Kier alpha value is -1.31. The van der Waals surface area contributed by atoms with E-state index in [9.17, 15) is 18.3 Å². The molecule has 1 aliphatic carbocycles. The monoisotopic (exact) mass is 291 g/mol. The van der Waals surface area contributed by atoms with Gasteiger partial charge in [0.25, 0.3) is 0 Å². The fraction of sp³-hybridized carbons (Fsp3) is 0.300. The molecule has 0 saturated heterocycles. The molecule has 0 amide bonds. The first-order chi connectivity index (χ1) is 8.31. The third-order valence-corrected chi connectivity index (χ3v) is 4.21. The highest BCUT2D eigenvalue weighted by atomic mass is 35.5. The smallest absolute Gasteiger partial charge is 0.339 e. The van der Waals surface area contributed by atoms with Gasteiger partial charge < -0.3 is 10.2 Å². The van der Waals surface area contributed by atoms with Crippen LogP contribution in [0.4, 0.5) is 0 Å². The number of benzene rings is 1. The average molecular weight is 292 g/mol. The first-order valence-electron chi connectivity index (χ1n) is 5.09. The van der Waals surface area contributed by atoms with Crippen molar-refractivity contribution in [2.75, 3.05) is 0 Å². The van der Waals surface area contributed by atoms with Gasteiger partial charge in [-0.3, -0.25) is 0 Å². The van der Waals surface area contributed by atoms with Gasteiger partial charge in [-0.1, -0.05) is 11.6 Å². The van der Waals surface area contributed by atoms with Gasteiger partial charge in [-0.15, -0.1) is 0 Å². The number of carboxylic acid groups (broad SMARTS) is 1. The molecule has 98 valence electrons. The van der Waals surface area contributed by atoms with E-state index < -0.39 is 32.2 Å². The van der Waals surface area contributed by atoms with Crippen molar-refractivity contribution >= 4 is 27.6 Å². The summed E-state index contributed by atoms with van der Waals surface area (Å²) in [5.74, 6) is -2.25. The normalized spacial score (nSPS) is 15.6. The Morgan fingerprint density at radius 1 is 1.39 bits per heavy atom. The Kier molecular flexibility index (Phi) is 3.22. The summed E-state index contributed by atoms with van der Waals surface area (Å²) in [6.07, 6.45) is 1.46. The van der Waals surface area contributed by atoms with Crippen LogP contribution in [0, 0.1) is 0 Å². The number of sulfonamides is 1. The summed E-state index contributed by atoms with van der Waals surface area (Å²) in [7, 11) is -3.95. The quantitative estimate of drug-likeness (QED) is 0.773. The Bertz CT molecular complexity index is 609. The number of halogens is 1. The van der Waals surface area contributed by atoms with Crippen molar-refractivity contribution in [3.63, 3.8) is 0 Å². The van der Waals surface area contributed by atoms with E-state index in [1.807, 2.05) is 0 Å². The van der Waals surface area contributed by atoms with E-state index in [-0.39, 0.29) is 11.1 Å². The minimum atomic E-state index is -3.95. The van der Waals surface area contributed by atoms with Crippen LogP contribution in [0.25, 0.3) is 0 Å². The van der Waals surface area contributed by atoms with Crippen LogP contribution in [0.3, 0.4) is 0 Å². The predicted octanol–water partition coefficient (Wildman–Crippen LogP) is 1.18. The van der Waals surface area contributed by atoms with E-state index in [1.165, 1.54) is 0 Å². The number of hydrogen-bond acceptors (Lipinski definition) is 4. The van der Waals surface area contributed by atoms with Gasteiger partial charge in [-0.05, 0) is 25.0 Å². The van der Waals surface area contributed by atoms with Gasteiger partial charge in [0, 0.05) is 11.1 Å². The van der Waals surface area contributed by atoms with Crippen LogP contribution >= 0.6 is 11.6 Å². The molecule has 1 aliphatic rings. The number of nitrogens with one attached hydrogen (secondary N) is 1. The van der Waals surface area contributed by atoms with Crippen LogP contribution in [0.2, 0.25) is 5.02 Å². The fourth-order valence-electron chi connectivity index (χ4n) is 1.43. The molecule has 0 bridgehead atoms. The molecule has 0 radical (unpaired) electrons. The van der Waals surface area contributed by atoms with E-state index in [2.05, 4.69) is 4.72 Å². The summed E-state index contributed by atoms with van der Waals surface area (Å²) < 4.78 is 26.2. The second kappa shape index (κ2) is 4.42. The second-order valence-corrected chi connectivity index (χ2v) is 6.12. The molecule has 0 aromatic heterocycles. The molecule has 0 atom stereocenters. The summed E-state index contributed by atoms with van der Waals surface area (Å²) in [6, 6.07) is 1.87. The number of aromatic hydroxyl groups is 1. The molecule has 0 aliphatic heterocycles. The molecule has 1 saturated carbocycles. The van der Waals surface area contributed by atoms with Crippen molar-refractivity contribution in [2.45, 2.75) is 23.8 Å². The molecule has 3 N–H and O–H groups in total. The third-order valence-electron chi connectivity index (χ3n) is 2.46. The molecule has 8 heteroatoms. The fourth-order valence-corrected chi connectivity index (χ4v) is 3.16. The Morgan fingerprint density at radius 3 is 2.50 bits per heavy atom. The predicted molar refractivity (Wildman–Crippen MR) is 63.4 cm³/mol. The minimum absolute atomic E-state index is 0.0682. The van der Waals surface area contributed by atoms with Gasteiger partial charge in [0.15, 0.2) is 0 Å². The molecule has 0 heterocycles. The standard InChI is InChI=1S/C10H10ClNO5S/c11-5-3-7(10(14)15)9(13)8(4-5)18(16,17)12-6-1-2-6/h3-4,6,12-13H,1-2H2,(H,14,15). The lowest BCUT2D eigenvalue weighted by atomic mass is 10.2. The molecule has 1 fully saturated rings. The topological polar surface area (TPSA) is 104 Å². The lowest BCUT2D eigenvalue weighted by molar-refractivity contribution is 0.0693. The highest BCUT2D eigenvalue weighted by molar-refractivity contribution is 7.89. The minimum Gasteiger partial charge on any atom is -0.506 e. The summed E-state index contributed by atoms with van der Waals surface area (Å²) in [4.78, 5) is 10.3. The van der Waals surface area contributed by atoms with Gasteiger partial charge in [-0.2, -0.15) is 0 Å². The van der Waals surface area contributed by atoms with E-state index in [1.54, 1.807) is 0 Å². The zero-order chi connectivity index (χ0) is 13.5. The van der Waals surface area contributed by atoms with E-state index >= 15 is 0 Å². The van der Waals surface area contributed by atoms with Crippen molar-refractivity contribution in [2.24, 2.45) is 0 Å². The Labute approximate surface area is 108 Å². The molecular weight excluding hydrogens is 282 g/mol. The van der Waals surface area contributed by atoms with E-state index in [4.69, 9.17) is 16.7 Å². The van der Waals surface area contributed by atoms with Gasteiger partial charge in [0.2, 0.25) is 10.0 Å². The first-order valence-corrected chi connectivity index (χ1v) is 6.95. The van der Waals surface area contributed by atoms with Gasteiger partial charge >= 0.3 is 5.97 Å². The molecule has 1 aromatic rings. The first kappa shape index (κ1) is 13.1. The highest BCUT2D eigenvalue weighted by Gasteiger charge is 2.31. The lowest BCUT2D eigenvalue weighted by Crippen LogP contribution is -2.26. The second-order valence-electron chi connectivity index (χ2n) is 4.00. The van der Waals surface area contributed by atoms with Crippen LogP contribution in [0.15, 0.2) is 17.0 Å². The number of carboxylic acids is 1. The molecule has 18 heavy (non-hydrogen) atoms. The lowest BCUT2D eigenvalue weighted by Gasteiger charge is -2.10. The highest BCUT2D eigenvalue weighted by Crippen LogP contribution is 2.32.